The first kappa shape index (κ1) is 11.2. The highest BCUT2D eigenvalue weighted by molar-refractivity contribution is 7.10. The largest absolute Gasteiger partial charge is 0.324 e. The molecule has 1 saturated carbocycles. The molecule has 1 aliphatic rings. The fraction of sp³-hybridized carbons (Fsp3) is 0.692. The van der Waals surface area contributed by atoms with E-state index in [0.29, 0.717) is 0 Å². The van der Waals surface area contributed by atoms with Gasteiger partial charge in [-0.2, -0.15) is 0 Å². The Balaban J connectivity index is 2.02. The van der Waals surface area contributed by atoms with Crippen molar-refractivity contribution in [3.8, 4) is 0 Å². The molecule has 0 aromatic carbocycles. The second-order valence-corrected chi connectivity index (χ2v) is 5.88. The minimum atomic E-state index is 0.285. The molecule has 84 valence electrons. The molecule has 2 rings (SSSR count). The predicted octanol–water partition coefficient (Wildman–Crippen LogP) is 4.03. The van der Waals surface area contributed by atoms with E-state index >= 15 is 0 Å². The van der Waals surface area contributed by atoms with Gasteiger partial charge in [0.05, 0.1) is 0 Å². The predicted molar refractivity (Wildman–Crippen MR) is 67.2 cm³/mol. The van der Waals surface area contributed by atoms with E-state index in [1.807, 2.05) is 11.3 Å². The quantitative estimate of drug-likeness (QED) is 0.753. The lowest BCUT2D eigenvalue weighted by molar-refractivity contribution is 0.383. The lowest BCUT2D eigenvalue weighted by atomic mass is 9.89. The van der Waals surface area contributed by atoms with Crippen LogP contribution in [0.15, 0.2) is 11.4 Å². The van der Waals surface area contributed by atoms with Crippen LogP contribution in [0.1, 0.15) is 55.0 Å². The van der Waals surface area contributed by atoms with Gasteiger partial charge in [-0.05, 0) is 42.7 Å². The van der Waals surface area contributed by atoms with Crippen molar-refractivity contribution < 1.29 is 0 Å². The summed E-state index contributed by atoms with van der Waals surface area (Å²) in [7, 11) is 0. The van der Waals surface area contributed by atoms with E-state index in [9.17, 15) is 0 Å². The lowest BCUT2D eigenvalue weighted by Gasteiger charge is -2.21. The highest BCUT2D eigenvalue weighted by Crippen LogP contribution is 2.33. The Morgan fingerprint density at radius 1 is 1.27 bits per heavy atom. The monoisotopic (exact) mass is 223 g/mol. The smallest absolute Gasteiger partial charge is 0.0331 e. The molecule has 2 heteroatoms. The minimum absolute atomic E-state index is 0.285. The summed E-state index contributed by atoms with van der Waals surface area (Å²) in [4.78, 5) is 1.38. The molecule has 0 aliphatic heterocycles. The van der Waals surface area contributed by atoms with E-state index in [2.05, 4.69) is 18.4 Å². The molecular formula is C13H21NS. The van der Waals surface area contributed by atoms with Gasteiger partial charge in [0.1, 0.15) is 0 Å². The third-order valence-corrected chi connectivity index (χ3v) is 4.42. The van der Waals surface area contributed by atoms with Crippen molar-refractivity contribution in [2.75, 3.05) is 0 Å². The van der Waals surface area contributed by atoms with Gasteiger partial charge in [-0.15, -0.1) is 11.3 Å². The highest BCUT2D eigenvalue weighted by Gasteiger charge is 2.21. The van der Waals surface area contributed by atoms with E-state index in [-0.39, 0.29) is 6.04 Å². The summed E-state index contributed by atoms with van der Waals surface area (Å²) in [5.74, 6) is 0.724. The van der Waals surface area contributed by atoms with Crippen molar-refractivity contribution in [2.24, 2.45) is 11.7 Å². The molecule has 1 heterocycles. The maximum Gasteiger partial charge on any atom is 0.0331 e. The van der Waals surface area contributed by atoms with Crippen LogP contribution in [0, 0.1) is 12.8 Å². The number of hydrogen-bond acceptors (Lipinski definition) is 2. The Morgan fingerprint density at radius 3 is 2.47 bits per heavy atom. The number of thiophene rings is 1. The molecule has 15 heavy (non-hydrogen) atoms. The van der Waals surface area contributed by atoms with Gasteiger partial charge in [-0.3, -0.25) is 0 Å². The summed E-state index contributed by atoms with van der Waals surface area (Å²) in [6.45, 7) is 2.16. The van der Waals surface area contributed by atoms with Gasteiger partial charge < -0.3 is 5.73 Å². The molecule has 0 radical (unpaired) electrons. The Kier molecular flexibility index (Phi) is 3.81. The van der Waals surface area contributed by atoms with E-state index in [1.54, 1.807) is 0 Å². The average Bonchev–Trinajstić information content (AvgIpc) is 2.53. The molecule has 1 aliphatic carbocycles. The van der Waals surface area contributed by atoms with Crippen LogP contribution in [0.5, 0.6) is 0 Å². The van der Waals surface area contributed by atoms with Crippen molar-refractivity contribution >= 4 is 11.3 Å². The van der Waals surface area contributed by atoms with Crippen molar-refractivity contribution in [3.05, 3.63) is 21.9 Å². The Bertz CT molecular complexity index is 297. The highest BCUT2D eigenvalue weighted by atomic mass is 32.1. The van der Waals surface area contributed by atoms with E-state index in [0.717, 1.165) is 5.92 Å². The molecule has 0 bridgehead atoms. The van der Waals surface area contributed by atoms with E-state index < -0.39 is 0 Å². The van der Waals surface area contributed by atoms with Crippen LogP contribution < -0.4 is 5.73 Å². The van der Waals surface area contributed by atoms with Gasteiger partial charge in [0.25, 0.3) is 0 Å². The van der Waals surface area contributed by atoms with Crippen LogP contribution in [-0.4, -0.2) is 0 Å². The molecule has 1 nitrogen and oxygen atoms in total. The van der Waals surface area contributed by atoms with E-state index in [1.165, 1.54) is 49.0 Å². The van der Waals surface area contributed by atoms with Gasteiger partial charge in [-0.25, -0.2) is 0 Å². The SMILES string of the molecule is Cc1cc(C(N)C2CCCCCC2)cs1. The molecular weight excluding hydrogens is 202 g/mol. The third kappa shape index (κ3) is 2.82. The summed E-state index contributed by atoms with van der Waals surface area (Å²) in [5, 5.41) is 2.24. The molecule has 1 atom stereocenters. The lowest BCUT2D eigenvalue weighted by Crippen LogP contribution is -2.20. The zero-order chi connectivity index (χ0) is 10.7. The van der Waals surface area contributed by atoms with Crippen LogP contribution in [0.2, 0.25) is 0 Å². The molecule has 1 fully saturated rings. The van der Waals surface area contributed by atoms with E-state index in [4.69, 9.17) is 5.73 Å². The van der Waals surface area contributed by atoms with Crippen LogP contribution in [0.3, 0.4) is 0 Å². The molecule has 1 aromatic rings. The second-order valence-electron chi connectivity index (χ2n) is 4.77. The third-order valence-electron chi connectivity index (χ3n) is 3.54. The van der Waals surface area contributed by atoms with Gasteiger partial charge in [-0.1, -0.05) is 25.7 Å². The van der Waals surface area contributed by atoms with Crippen LogP contribution in [-0.2, 0) is 0 Å². The molecule has 1 unspecified atom stereocenters. The van der Waals surface area contributed by atoms with Crippen molar-refractivity contribution in [3.63, 3.8) is 0 Å². The zero-order valence-corrected chi connectivity index (χ0v) is 10.4. The zero-order valence-electron chi connectivity index (χ0n) is 9.54. The van der Waals surface area contributed by atoms with Crippen LogP contribution in [0.25, 0.3) is 0 Å². The van der Waals surface area contributed by atoms with Crippen LogP contribution >= 0.6 is 11.3 Å². The summed E-state index contributed by atoms with van der Waals surface area (Å²) in [6, 6.07) is 2.55. The number of rotatable bonds is 2. The number of aryl methyl sites for hydroxylation is 1. The summed E-state index contributed by atoms with van der Waals surface area (Å²) < 4.78 is 0. The summed E-state index contributed by atoms with van der Waals surface area (Å²) in [6.07, 6.45) is 8.23. The number of nitrogens with two attached hydrogens (primary N) is 1. The van der Waals surface area contributed by atoms with Gasteiger partial charge >= 0.3 is 0 Å². The first-order chi connectivity index (χ1) is 7.27. The van der Waals surface area contributed by atoms with Gasteiger partial charge in [0.2, 0.25) is 0 Å². The molecule has 0 spiro atoms. The topological polar surface area (TPSA) is 26.0 Å². The van der Waals surface area contributed by atoms with Gasteiger partial charge in [0.15, 0.2) is 0 Å². The Hall–Kier alpha value is -0.340. The number of hydrogen-bond donors (Lipinski definition) is 1. The fourth-order valence-electron chi connectivity index (χ4n) is 2.58. The molecule has 0 saturated heterocycles. The average molecular weight is 223 g/mol. The van der Waals surface area contributed by atoms with Crippen molar-refractivity contribution in [1.29, 1.82) is 0 Å². The first-order valence-corrected chi connectivity index (χ1v) is 6.96. The molecule has 0 amide bonds. The van der Waals surface area contributed by atoms with Crippen LogP contribution in [0.4, 0.5) is 0 Å². The standard InChI is InChI=1S/C13H21NS/c1-10-8-12(9-15-10)13(14)11-6-4-2-3-5-7-11/h8-9,11,13H,2-7,14H2,1H3. The van der Waals surface area contributed by atoms with Gasteiger partial charge in [0, 0.05) is 10.9 Å². The maximum absolute atomic E-state index is 6.36. The molecule has 2 N–H and O–H groups in total. The van der Waals surface area contributed by atoms with Crippen molar-refractivity contribution in [2.45, 2.75) is 51.5 Å². The normalized spacial score (nSPS) is 21.2. The minimum Gasteiger partial charge on any atom is -0.324 e. The first-order valence-electron chi connectivity index (χ1n) is 6.08. The summed E-state index contributed by atoms with van der Waals surface area (Å²) in [5.41, 5.74) is 7.72. The Labute approximate surface area is 96.7 Å². The Morgan fingerprint density at radius 2 is 1.93 bits per heavy atom. The van der Waals surface area contributed by atoms with Crippen molar-refractivity contribution in [1.82, 2.24) is 0 Å². The summed E-state index contributed by atoms with van der Waals surface area (Å²) >= 11 is 1.82. The fourth-order valence-corrected chi connectivity index (χ4v) is 3.33. The molecule has 1 aromatic heterocycles. The second kappa shape index (κ2) is 5.13. The maximum atomic E-state index is 6.36.